The van der Waals surface area contributed by atoms with Gasteiger partial charge in [0.2, 0.25) is 5.91 Å². The van der Waals surface area contributed by atoms with Gasteiger partial charge in [-0.1, -0.05) is 18.1 Å². The first-order valence-electron chi connectivity index (χ1n) is 9.62. The van der Waals surface area contributed by atoms with Crippen LogP contribution in [0.3, 0.4) is 0 Å². The molecule has 6 heteroatoms. The van der Waals surface area contributed by atoms with Gasteiger partial charge in [0.05, 0.1) is 12.3 Å². The van der Waals surface area contributed by atoms with Crippen molar-refractivity contribution in [3.05, 3.63) is 23.5 Å². The minimum Gasteiger partial charge on any atom is -0.433 e. The third-order valence-corrected chi connectivity index (χ3v) is 4.56. The van der Waals surface area contributed by atoms with Gasteiger partial charge in [-0.15, -0.1) is 0 Å². The first-order chi connectivity index (χ1) is 12.4. The molecule has 1 rings (SSSR count). The number of nitrogens with zero attached hydrogens (tertiary/aromatic N) is 1. The molecule has 0 bridgehead atoms. The third kappa shape index (κ3) is 7.70. The van der Waals surface area contributed by atoms with Crippen LogP contribution in [0.25, 0.3) is 0 Å². The predicted octanol–water partition coefficient (Wildman–Crippen LogP) is 2.63. The molecular weight excluding hydrogens is 330 g/mol. The maximum Gasteiger partial charge on any atom is 0.333 e. The fraction of sp³-hybridized carbons (Fsp3) is 0.700. The van der Waals surface area contributed by atoms with E-state index in [0.717, 1.165) is 37.7 Å². The van der Waals surface area contributed by atoms with Gasteiger partial charge in [-0.2, -0.15) is 0 Å². The molecule has 2 atom stereocenters. The summed E-state index contributed by atoms with van der Waals surface area (Å²) >= 11 is 0. The van der Waals surface area contributed by atoms with Gasteiger partial charge in [0.15, 0.2) is 0 Å². The molecule has 0 aliphatic carbocycles. The zero-order valence-electron chi connectivity index (χ0n) is 16.5. The summed E-state index contributed by atoms with van der Waals surface area (Å²) in [5, 5.41) is 0. The monoisotopic (exact) mass is 365 g/mol. The van der Waals surface area contributed by atoms with Gasteiger partial charge in [-0.25, -0.2) is 4.79 Å². The van der Waals surface area contributed by atoms with Gasteiger partial charge in [0, 0.05) is 6.54 Å². The fourth-order valence-electron chi connectivity index (χ4n) is 3.01. The molecular formula is C20H35N3O3. The quantitative estimate of drug-likeness (QED) is 0.268. The lowest BCUT2D eigenvalue weighted by molar-refractivity contribution is -0.149. The van der Waals surface area contributed by atoms with Gasteiger partial charge in [0.25, 0.3) is 0 Å². The predicted molar refractivity (Wildman–Crippen MR) is 104 cm³/mol. The number of amides is 1. The Hall–Kier alpha value is -1.66. The summed E-state index contributed by atoms with van der Waals surface area (Å²) in [6.45, 7) is 7.22. The van der Waals surface area contributed by atoms with Gasteiger partial charge >= 0.3 is 5.97 Å². The van der Waals surface area contributed by atoms with Crippen LogP contribution in [-0.2, 0) is 14.3 Å². The molecule has 0 radical (unpaired) electrons. The number of hydrogen-bond donors (Lipinski definition) is 2. The zero-order valence-corrected chi connectivity index (χ0v) is 16.5. The smallest absolute Gasteiger partial charge is 0.333 e. The number of allylic oxidation sites excluding steroid dienone is 3. The molecule has 6 nitrogen and oxygen atoms in total. The van der Waals surface area contributed by atoms with Crippen molar-refractivity contribution in [3.8, 4) is 0 Å². The Bertz CT molecular complexity index is 524. The number of ether oxygens (including phenoxy) is 1. The average Bonchev–Trinajstić information content (AvgIpc) is 3.08. The Morgan fingerprint density at radius 3 is 2.65 bits per heavy atom. The van der Waals surface area contributed by atoms with Crippen LogP contribution in [-0.4, -0.2) is 41.9 Å². The van der Waals surface area contributed by atoms with Crippen LogP contribution in [0.5, 0.6) is 0 Å². The van der Waals surface area contributed by atoms with Crippen LogP contribution in [0.4, 0.5) is 0 Å². The van der Waals surface area contributed by atoms with E-state index in [9.17, 15) is 9.59 Å². The molecule has 1 aliphatic heterocycles. The summed E-state index contributed by atoms with van der Waals surface area (Å²) in [6.07, 6.45) is 9.13. The molecule has 0 aromatic rings. The number of carbonyl (C=O) groups excluding carboxylic acids is 2. The Morgan fingerprint density at radius 2 is 2.00 bits per heavy atom. The molecule has 148 valence electrons. The van der Waals surface area contributed by atoms with Crippen LogP contribution in [0.15, 0.2) is 23.5 Å². The van der Waals surface area contributed by atoms with E-state index in [-0.39, 0.29) is 11.9 Å². The van der Waals surface area contributed by atoms with Crippen molar-refractivity contribution in [2.24, 2.45) is 11.5 Å². The number of nitrogens with two attached hydrogens (primary N) is 2. The molecule has 4 N–H and O–H groups in total. The van der Waals surface area contributed by atoms with E-state index in [0.29, 0.717) is 25.9 Å². The molecule has 0 unspecified atom stereocenters. The average molecular weight is 366 g/mol. The van der Waals surface area contributed by atoms with Crippen molar-refractivity contribution in [3.63, 3.8) is 0 Å². The highest BCUT2D eigenvalue weighted by Crippen LogP contribution is 2.21. The van der Waals surface area contributed by atoms with Crippen molar-refractivity contribution in [1.82, 2.24) is 4.90 Å². The Balaban J connectivity index is 2.53. The van der Waals surface area contributed by atoms with Crippen LogP contribution < -0.4 is 11.5 Å². The van der Waals surface area contributed by atoms with Gasteiger partial charge in [-0.3, -0.25) is 4.79 Å². The summed E-state index contributed by atoms with van der Waals surface area (Å²) in [7, 11) is 0. The molecule has 0 saturated carbocycles. The van der Waals surface area contributed by atoms with Crippen molar-refractivity contribution in [2.45, 2.75) is 77.8 Å². The summed E-state index contributed by atoms with van der Waals surface area (Å²) in [5.74, 6) is -0.530. The van der Waals surface area contributed by atoms with Gasteiger partial charge in [-0.05, 0) is 71.4 Å². The second-order valence-corrected chi connectivity index (χ2v) is 7.30. The van der Waals surface area contributed by atoms with Gasteiger partial charge < -0.3 is 21.1 Å². The largest absolute Gasteiger partial charge is 0.433 e. The van der Waals surface area contributed by atoms with Crippen LogP contribution >= 0.6 is 0 Å². The molecule has 0 aromatic carbocycles. The van der Waals surface area contributed by atoms with E-state index >= 15 is 0 Å². The lowest BCUT2D eigenvalue weighted by atomic mass is 10.1. The zero-order chi connectivity index (χ0) is 19.5. The Morgan fingerprint density at radius 1 is 1.27 bits per heavy atom. The van der Waals surface area contributed by atoms with Crippen molar-refractivity contribution < 1.29 is 14.3 Å². The number of carbonyl (C=O) groups is 2. The first-order valence-corrected chi connectivity index (χ1v) is 9.62. The summed E-state index contributed by atoms with van der Waals surface area (Å²) in [5.41, 5.74) is 13.8. The Labute approximate surface area is 157 Å². The highest BCUT2D eigenvalue weighted by atomic mass is 16.5. The molecule has 1 fully saturated rings. The third-order valence-electron chi connectivity index (χ3n) is 4.56. The number of hydrogen-bond acceptors (Lipinski definition) is 5. The van der Waals surface area contributed by atoms with Crippen LogP contribution in [0.1, 0.15) is 65.7 Å². The SMILES string of the molecule is CC(C)=CCC/C(C)=C/OC(=O)[C@@H]1CCCN1C(=O)[C@@H](N)CCCCN. The molecule has 0 spiro atoms. The van der Waals surface area contributed by atoms with E-state index < -0.39 is 12.1 Å². The number of likely N-dealkylation sites (tertiary alicyclic amines) is 1. The number of rotatable bonds is 10. The van der Waals surface area contributed by atoms with E-state index in [1.807, 2.05) is 6.92 Å². The minimum atomic E-state index is -0.573. The molecule has 26 heavy (non-hydrogen) atoms. The highest BCUT2D eigenvalue weighted by molar-refractivity contribution is 5.88. The van der Waals surface area contributed by atoms with E-state index in [4.69, 9.17) is 16.2 Å². The standard InChI is InChI=1S/C20H35N3O3/c1-15(2)8-6-9-16(3)14-26-20(25)18-11-7-13-23(18)19(24)17(22)10-4-5-12-21/h8,14,17-18H,4-7,9-13,21-22H2,1-3H3/b16-14+/t17-,18-/m0/s1. The first kappa shape index (κ1) is 22.4. The molecule has 1 aliphatic rings. The van der Waals surface area contributed by atoms with Crippen molar-refractivity contribution in [2.75, 3.05) is 13.1 Å². The maximum absolute atomic E-state index is 12.5. The van der Waals surface area contributed by atoms with Crippen LogP contribution in [0, 0.1) is 0 Å². The number of esters is 1. The molecule has 1 heterocycles. The highest BCUT2D eigenvalue weighted by Gasteiger charge is 2.36. The molecule has 1 saturated heterocycles. The molecule has 1 amide bonds. The minimum absolute atomic E-state index is 0.161. The maximum atomic E-state index is 12.5. The summed E-state index contributed by atoms with van der Waals surface area (Å²) < 4.78 is 5.33. The lowest BCUT2D eigenvalue weighted by Gasteiger charge is -2.25. The number of unbranched alkanes of at least 4 members (excludes halogenated alkanes) is 1. The van der Waals surface area contributed by atoms with E-state index in [1.165, 1.54) is 11.8 Å². The fourth-order valence-corrected chi connectivity index (χ4v) is 3.01. The van der Waals surface area contributed by atoms with Crippen molar-refractivity contribution in [1.29, 1.82) is 0 Å². The Kier molecular flexibility index (Phi) is 10.2. The van der Waals surface area contributed by atoms with Crippen LogP contribution in [0.2, 0.25) is 0 Å². The second kappa shape index (κ2) is 11.9. The summed E-state index contributed by atoms with van der Waals surface area (Å²) in [6, 6.07) is -1.10. The topological polar surface area (TPSA) is 98.6 Å². The van der Waals surface area contributed by atoms with Crippen molar-refractivity contribution >= 4 is 11.9 Å². The molecule has 0 aromatic heterocycles. The van der Waals surface area contributed by atoms with E-state index in [2.05, 4.69) is 19.9 Å². The van der Waals surface area contributed by atoms with E-state index in [1.54, 1.807) is 4.90 Å². The van der Waals surface area contributed by atoms with Gasteiger partial charge in [0.1, 0.15) is 6.04 Å². The second-order valence-electron chi connectivity index (χ2n) is 7.30. The summed E-state index contributed by atoms with van der Waals surface area (Å²) in [4.78, 5) is 26.5. The normalized spacial score (nSPS) is 18.6. The lowest BCUT2D eigenvalue weighted by Crippen LogP contribution is -2.48.